The molecule has 0 N–H and O–H groups in total. The molecular weight excluding hydrogens is 579 g/mol. The van der Waals surface area contributed by atoms with E-state index in [0.29, 0.717) is 29.7 Å². The summed E-state index contributed by atoms with van der Waals surface area (Å²) in [6.07, 6.45) is 8.13. The Morgan fingerprint density at radius 1 is 1.09 bits per heavy atom. The Morgan fingerprint density at radius 2 is 1.74 bits per heavy atom. The summed E-state index contributed by atoms with van der Waals surface area (Å²) in [7, 11) is 0. The fourth-order valence-corrected chi connectivity index (χ4v) is 7.01. The number of imide groups is 1. The van der Waals surface area contributed by atoms with Gasteiger partial charge in [-0.15, -0.1) is 0 Å². The normalized spacial score (nSPS) is 27.3. The van der Waals surface area contributed by atoms with E-state index in [9.17, 15) is 9.59 Å². The van der Waals surface area contributed by atoms with E-state index in [0.717, 1.165) is 32.5 Å². The van der Waals surface area contributed by atoms with Crippen LogP contribution in [0.1, 0.15) is 30.9 Å². The number of hydrogen-bond donors (Lipinski definition) is 0. The van der Waals surface area contributed by atoms with E-state index in [1.807, 2.05) is 43.3 Å². The minimum Gasteiger partial charge on any atom is -0.490 e. The van der Waals surface area contributed by atoms with Crippen molar-refractivity contribution >= 4 is 52.2 Å². The molecule has 3 fully saturated rings. The van der Waals surface area contributed by atoms with Gasteiger partial charge in [0.15, 0.2) is 11.5 Å². The van der Waals surface area contributed by atoms with Gasteiger partial charge in [-0.05, 0) is 95.0 Å². The van der Waals surface area contributed by atoms with Crippen LogP contribution in [0, 0.1) is 32.7 Å². The highest BCUT2D eigenvalue weighted by atomic mass is 127. The summed E-state index contributed by atoms with van der Waals surface area (Å²) in [5.74, 6) is 0.779. The van der Waals surface area contributed by atoms with Gasteiger partial charge in [0, 0.05) is 5.02 Å². The van der Waals surface area contributed by atoms with Gasteiger partial charge >= 0.3 is 0 Å². The fraction of sp³-hybridized carbons (Fsp3) is 0.370. The van der Waals surface area contributed by atoms with E-state index >= 15 is 0 Å². The zero-order valence-corrected chi connectivity index (χ0v) is 22.0. The predicted octanol–water partition coefficient (Wildman–Crippen LogP) is 5.45. The lowest BCUT2D eigenvalue weighted by molar-refractivity contribution is -0.141. The zero-order chi connectivity index (χ0) is 24.3. The Hall–Kier alpha value is -2.39. The van der Waals surface area contributed by atoms with Crippen molar-refractivity contribution < 1.29 is 19.1 Å². The summed E-state index contributed by atoms with van der Waals surface area (Å²) in [4.78, 5) is 26.3. The lowest BCUT2D eigenvalue weighted by Crippen LogP contribution is -2.30. The molecule has 180 valence electrons. The SMILES string of the molecule is CCOc1cc(/C=N\N2C(=O)[C@@H]3[C@@H](C2=O)[C@H]2C=C[C@H]3C23CC3)cc(I)c1OCc1ccc(Cl)cc1. The number of ether oxygens (including phenoxy) is 2. The number of amides is 2. The topological polar surface area (TPSA) is 68.2 Å². The van der Waals surface area contributed by atoms with Crippen molar-refractivity contribution in [2.45, 2.75) is 26.4 Å². The van der Waals surface area contributed by atoms with Gasteiger partial charge in [-0.1, -0.05) is 35.9 Å². The molecule has 3 aliphatic carbocycles. The molecule has 1 saturated heterocycles. The number of benzene rings is 2. The maximum absolute atomic E-state index is 13.2. The van der Waals surface area contributed by atoms with Crippen molar-refractivity contribution in [1.29, 1.82) is 0 Å². The van der Waals surface area contributed by atoms with Crippen molar-refractivity contribution in [1.82, 2.24) is 5.01 Å². The smallest absolute Gasteiger partial charge is 0.254 e. The third-order valence-corrected chi connectivity index (χ3v) is 8.83. The fourth-order valence-electron chi connectivity index (χ4n) is 6.10. The Morgan fingerprint density at radius 3 is 2.34 bits per heavy atom. The molecule has 1 spiro atoms. The molecule has 0 unspecified atom stereocenters. The van der Waals surface area contributed by atoms with Gasteiger partial charge in [0.25, 0.3) is 11.8 Å². The van der Waals surface area contributed by atoms with Gasteiger partial charge in [0.05, 0.1) is 28.2 Å². The van der Waals surface area contributed by atoms with Gasteiger partial charge in [-0.25, -0.2) is 0 Å². The van der Waals surface area contributed by atoms with Gasteiger partial charge in [-0.3, -0.25) is 9.59 Å². The number of hydrazone groups is 1. The maximum atomic E-state index is 13.2. The minimum absolute atomic E-state index is 0.165. The summed E-state index contributed by atoms with van der Waals surface area (Å²) < 4.78 is 12.8. The lowest BCUT2D eigenvalue weighted by atomic mass is 9.85. The van der Waals surface area contributed by atoms with E-state index in [-0.39, 0.29) is 40.9 Å². The Labute approximate surface area is 222 Å². The molecule has 2 saturated carbocycles. The third-order valence-electron chi connectivity index (χ3n) is 7.78. The molecule has 1 aliphatic heterocycles. The van der Waals surface area contributed by atoms with Crippen LogP contribution in [0.4, 0.5) is 0 Å². The summed E-state index contributed by atoms with van der Waals surface area (Å²) in [6.45, 7) is 2.75. The first-order chi connectivity index (χ1) is 16.9. The molecular formula is C27H24ClIN2O4. The summed E-state index contributed by atoms with van der Waals surface area (Å²) in [5, 5.41) is 6.12. The van der Waals surface area contributed by atoms with Crippen molar-refractivity contribution in [3.63, 3.8) is 0 Å². The average Bonchev–Trinajstić information content (AvgIpc) is 3.44. The van der Waals surface area contributed by atoms with Crippen LogP contribution in [0.5, 0.6) is 11.5 Å². The van der Waals surface area contributed by atoms with E-state index < -0.39 is 0 Å². The predicted molar refractivity (Wildman–Crippen MR) is 140 cm³/mol. The molecule has 2 amide bonds. The Bertz CT molecular complexity index is 1240. The standard InChI is InChI=1S/C27H24ClIN2O4/c1-2-34-21-12-16(11-20(29)24(21)35-14-15-3-5-17(28)6-4-15)13-30-31-25(32)22-18-7-8-19(23(22)26(31)33)27(18)9-10-27/h3-8,11-13,18-19,22-23H,2,9-10,14H2,1H3/b30-13-/t18-,19-,22+,23+/m1/s1. The monoisotopic (exact) mass is 602 g/mol. The highest BCUT2D eigenvalue weighted by Gasteiger charge is 2.73. The molecule has 2 bridgehead atoms. The molecule has 6 nitrogen and oxygen atoms in total. The number of halogens is 2. The van der Waals surface area contributed by atoms with Crippen molar-refractivity contribution in [3.05, 3.63) is 68.3 Å². The van der Waals surface area contributed by atoms with Crippen LogP contribution in [0.3, 0.4) is 0 Å². The molecule has 2 aromatic rings. The maximum Gasteiger partial charge on any atom is 0.254 e. The third kappa shape index (κ3) is 3.69. The quantitative estimate of drug-likeness (QED) is 0.183. The van der Waals surface area contributed by atoms with E-state index in [2.05, 4.69) is 39.8 Å². The number of allylic oxidation sites excluding steroid dienone is 2. The molecule has 4 aliphatic rings. The second-order valence-electron chi connectivity index (χ2n) is 9.63. The van der Waals surface area contributed by atoms with Crippen molar-refractivity contribution in [2.24, 2.45) is 34.2 Å². The second kappa shape index (κ2) is 8.62. The number of carbonyl (C=O) groups is 2. The first kappa shape index (κ1) is 23.0. The van der Waals surface area contributed by atoms with Crippen LogP contribution in [0.25, 0.3) is 0 Å². The largest absolute Gasteiger partial charge is 0.490 e. The highest BCUT2D eigenvalue weighted by molar-refractivity contribution is 14.1. The van der Waals surface area contributed by atoms with Gasteiger partial charge in [-0.2, -0.15) is 10.1 Å². The summed E-state index contributed by atoms with van der Waals surface area (Å²) in [5.41, 5.74) is 1.90. The molecule has 0 aromatic heterocycles. The molecule has 0 radical (unpaired) electrons. The molecule has 6 rings (SSSR count). The van der Waals surface area contributed by atoms with Crippen LogP contribution in [-0.2, 0) is 16.2 Å². The Kier molecular flexibility index (Phi) is 5.67. The number of rotatable bonds is 7. The number of fused-ring (bicyclic) bond motifs is 3. The summed E-state index contributed by atoms with van der Waals surface area (Å²) >= 11 is 8.17. The molecule has 8 heteroatoms. The van der Waals surface area contributed by atoms with Crippen LogP contribution < -0.4 is 9.47 Å². The van der Waals surface area contributed by atoms with Crippen LogP contribution in [-0.4, -0.2) is 29.6 Å². The molecule has 35 heavy (non-hydrogen) atoms. The molecule has 1 heterocycles. The first-order valence-corrected chi connectivity index (χ1v) is 13.3. The lowest BCUT2D eigenvalue weighted by Gasteiger charge is -2.18. The van der Waals surface area contributed by atoms with Crippen LogP contribution in [0.2, 0.25) is 5.02 Å². The van der Waals surface area contributed by atoms with Gasteiger partial charge < -0.3 is 9.47 Å². The van der Waals surface area contributed by atoms with E-state index in [4.69, 9.17) is 21.1 Å². The van der Waals surface area contributed by atoms with Crippen LogP contribution in [0.15, 0.2) is 53.7 Å². The summed E-state index contributed by atoms with van der Waals surface area (Å²) in [6, 6.07) is 11.2. The zero-order valence-electron chi connectivity index (χ0n) is 19.1. The highest BCUT2D eigenvalue weighted by Crippen LogP contribution is 2.73. The second-order valence-corrected chi connectivity index (χ2v) is 11.2. The van der Waals surface area contributed by atoms with Crippen LogP contribution >= 0.6 is 34.2 Å². The van der Waals surface area contributed by atoms with Crippen molar-refractivity contribution in [3.8, 4) is 11.5 Å². The van der Waals surface area contributed by atoms with Gasteiger partial charge in [0.2, 0.25) is 0 Å². The number of hydrogen-bond acceptors (Lipinski definition) is 5. The Balaban J connectivity index is 1.21. The average molecular weight is 603 g/mol. The number of carbonyl (C=O) groups excluding carboxylic acids is 2. The first-order valence-electron chi connectivity index (χ1n) is 11.9. The minimum atomic E-state index is -0.250. The number of nitrogens with zero attached hydrogens (tertiary/aromatic N) is 2. The molecule has 4 atom stereocenters. The molecule has 2 aromatic carbocycles. The van der Waals surface area contributed by atoms with E-state index in [1.165, 1.54) is 0 Å². The van der Waals surface area contributed by atoms with Gasteiger partial charge in [0.1, 0.15) is 6.61 Å². The van der Waals surface area contributed by atoms with E-state index in [1.54, 1.807) is 6.21 Å². The van der Waals surface area contributed by atoms with Crippen molar-refractivity contribution in [2.75, 3.05) is 6.61 Å².